The van der Waals surface area contributed by atoms with Crippen LogP contribution in [-0.4, -0.2) is 17.9 Å². The van der Waals surface area contributed by atoms with E-state index in [2.05, 4.69) is 5.32 Å². The van der Waals surface area contributed by atoms with Gasteiger partial charge in [-0.2, -0.15) is 0 Å². The zero-order valence-electron chi connectivity index (χ0n) is 13.9. The zero-order valence-corrected chi connectivity index (χ0v) is 15.4. The average molecular weight is 381 g/mol. The molecule has 0 unspecified atom stereocenters. The van der Waals surface area contributed by atoms with Crippen molar-refractivity contribution >= 4 is 40.7 Å². The molecule has 0 aromatic heterocycles. The Morgan fingerprint density at radius 3 is 2.28 bits per heavy atom. The van der Waals surface area contributed by atoms with Crippen LogP contribution in [0.2, 0.25) is 10.0 Å². The summed E-state index contributed by atoms with van der Waals surface area (Å²) in [6.45, 7) is 3.79. The number of carbonyl (C=O) groups is 2. The Kier molecular flexibility index (Phi) is 6.42. The minimum atomic E-state index is -0.506. The average Bonchev–Trinajstić information content (AvgIpc) is 2.55. The van der Waals surface area contributed by atoms with Gasteiger partial charge in [0.1, 0.15) is 6.04 Å². The second-order valence-corrected chi connectivity index (χ2v) is 6.71. The molecule has 0 saturated carbocycles. The topological polar surface area (TPSA) is 88.8 Å². The lowest BCUT2D eigenvalue weighted by Crippen LogP contribution is -2.91. The van der Waals surface area contributed by atoms with E-state index < -0.39 is 5.91 Å². The van der Waals surface area contributed by atoms with Crippen LogP contribution in [0.3, 0.4) is 0 Å². The molecule has 2 atom stereocenters. The molecule has 0 aliphatic heterocycles. The Morgan fingerprint density at radius 1 is 1.08 bits per heavy atom. The third-order valence-electron chi connectivity index (χ3n) is 3.88. The van der Waals surface area contributed by atoms with Gasteiger partial charge in [0.25, 0.3) is 5.91 Å². The van der Waals surface area contributed by atoms with Crippen LogP contribution in [0.4, 0.5) is 5.69 Å². The van der Waals surface area contributed by atoms with Crippen molar-refractivity contribution in [1.29, 1.82) is 0 Å². The largest absolute Gasteiger partial charge is 0.366 e. The van der Waals surface area contributed by atoms with Crippen LogP contribution in [-0.2, 0) is 4.79 Å². The molecule has 2 rings (SSSR count). The predicted molar refractivity (Wildman–Crippen MR) is 99.9 cm³/mol. The fourth-order valence-electron chi connectivity index (χ4n) is 2.47. The van der Waals surface area contributed by atoms with Gasteiger partial charge in [0, 0.05) is 21.8 Å². The minimum Gasteiger partial charge on any atom is -0.366 e. The second-order valence-electron chi connectivity index (χ2n) is 5.87. The molecule has 0 aliphatic rings. The van der Waals surface area contributed by atoms with Crippen molar-refractivity contribution in [3.63, 3.8) is 0 Å². The van der Waals surface area contributed by atoms with Crippen molar-refractivity contribution in [3.8, 4) is 0 Å². The number of hydrogen-bond acceptors (Lipinski definition) is 2. The molecule has 0 radical (unpaired) electrons. The van der Waals surface area contributed by atoms with Crippen LogP contribution in [0.25, 0.3) is 0 Å². The molecule has 0 heterocycles. The van der Waals surface area contributed by atoms with Crippen LogP contribution in [0.1, 0.15) is 35.8 Å². The SMILES string of the molecule is C[C@H]([NH2+][C@H](C)c1ccc(Cl)cc1Cl)C(=O)Nc1ccc(C(N)=O)cc1. The quantitative estimate of drug-likeness (QED) is 0.718. The first-order valence-corrected chi connectivity index (χ1v) is 8.54. The highest BCUT2D eigenvalue weighted by molar-refractivity contribution is 6.35. The monoisotopic (exact) mass is 380 g/mol. The predicted octanol–water partition coefficient (Wildman–Crippen LogP) is 2.74. The van der Waals surface area contributed by atoms with Crippen LogP contribution >= 0.6 is 23.2 Å². The summed E-state index contributed by atoms with van der Waals surface area (Å²) < 4.78 is 0. The normalized spacial score (nSPS) is 13.1. The van der Waals surface area contributed by atoms with Crippen molar-refractivity contribution in [2.24, 2.45) is 5.73 Å². The number of nitrogens with two attached hydrogens (primary N) is 2. The fraction of sp³-hybridized carbons (Fsp3) is 0.222. The molecule has 25 heavy (non-hydrogen) atoms. The van der Waals surface area contributed by atoms with E-state index in [-0.39, 0.29) is 18.0 Å². The summed E-state index contributed by atoms with van der Waals surface area (Å²) in [5, 5.41) is 5.88. The number of benzene rings is 2. The first kappa shape index (κ1) is 19.2. The third kappa shape index (κ3) is 5.19. The Labute approximate surface area is 156 Å². The van der Waals surface area contributed by atoms with Crippen molar-refractivity contribution in [1.82, 2.24) is 0 Å². The molecular weight excluding hydrogens is 361 g/mol. The standard InChI is InChI=1S/C18H19Cl2N3O2/c1-10(15-8-5-13(19)9-16(15)20)22-11(2)18(25)23-14-6-3-12(4-7-14)17(21)24/h3-11,22H,1-2H3,(H2,21,24)(H,23,25)/p+1/t10-,11+/m1/s1. The van der Waals surface area contributed by atoms with Gasteiger partial charge in [-0.25, -0.2) is 0 Å². The molecule has 7 heteroatoms. The maximum absolute atomic E-state index is 12.3. The number of amides is 2. The number of carbonyl (C=O) groups excluding carboxylic acids is 2. The van der Waals surface area contributed by atoms with E-state index in [0.717, 1.165) is 5.56 Å². The van der Waals surface area contributed by atoms with Crippen molar-refractivity contribution < 1.29 is 14.9 Å². The molecule has 5 N–H and O–H groups in total. The molecule has 5 nitrogen and oxygen atoms in total. The first-order chi connectivity index (χ1) is 11.8. The smallest absolute Gasteiger partial charge is 0.282 e. The van der Waals surface area contributed by atoms with Gasteiger partial charge in [-0.15, -0.1) is 0 Å². The maximum atomic E-state index is 12.3. The molecule has 132 valence electrons. The Balaban J connectivity index is 1.98. The lowest BCUT2D eigenvalue weighted by molar-refractivity contribution is -0.709. The summed E-state index contributed by atoms with van der Waals surface area (Å²) in [4.78, 5) is 23.4. The summed E-state index contributed by atoms with van der Waals surface area (Å²) in [6, 6.07) is 11.4. The molecule has 2 amide bonds. The van der Waals surface area contributed by atoms with E-state index in [1.807, 2.05) is 25.2 Å². The number of nitrogens with one attached hydrogen (secondary N) is 1. The number of rotatable bonds is 6. The van der Waals surface area contributed by atoms with Crippen LogP contribution < -0.4 is 16.4 Å². The number of quaternary nitrogens is 1. The Hall–Kier alpha value is -2.08. The lowest BCUT2D eigenvalue weighted by atomic mass is 10.1. The van der Waals surface area contributed by atoms with E-state index >= 15 is 0 Å². The highest BCUT2D eigenvalue weighted by Gasteiger charge is 2.22. The third-order valence-corrected chi connectivity index (χ3v) is 4.44. The number of anilines is 1. The van der Waals surface area contributed by atoms with Gasteiger partial charge in [0.05, 0.1) is 5.02 Å². The van der Waals surface area contributed by atoms with Crippen LogP contribution in [0.15, 0.2) is 42.5 Å². The second kappa shape index (κ2) is 8.34. The van der Waals surface area contributed by atoms with Gasteiger partial charge in [0.15, 0.2) is 6.04 Å². The van der Waals surface area contributed by atoms with Gasteiger partial charge in [0.2, 0.25) is 5.91 Å². The number of primary amides is 1. The summed E-state index contributed by atoms with van der Waals surface area (Å²) >= 11 is 12.1. The lowest BCUT2D eigenvalue weighted by Gasteiger charge is -2.18. The highest BCUT2D eigenvalue weighted by atomic mass is 35.5. The van der Waals surface area contributed by atoms with Crippen LogP contribution in [0, 0.1) is 0 Å². The Bertz CT molecular complexity index is 778. The molecule has 0 fully saturated rings. The molecule has 0 saturated heterocycles. The molecule has 2 aromatic rings. The van der Waals surface area contributed by atoms with Gasteiger partial charge in [-0.3, -0.25) is 9.59 Å². The Morgan fingerprint density at radius 2 is 1.72 bits per heavy atom. The van der Waals surface area contributed by atoms with E-state index in [1.54, 1.807) is 36.4 Å². The van der Waals surface area contributed by atoms with Gasteiger partial charge < -0.3 is 16.4 Å². The first-order valence-electron chi connectivity index (χ1n) is 7.78. The molecule has 0 bridgehead atoms. The zero-order chi connectivity index (χ0) is 18.6. The van der Waals surface area contributed by atoms with E-state index in [0.29, 0.717) is 21.3 Å². The van der Waals surface area contributed by atoms with E-state index in [1.165, 1.54) is 0 Å². The van der Waals surface area contributed by atoms with Crippen molar-refractivity contribution in [3.05, 3.63) is 63.6 Å². The molecule has 0 aliphatic carbocycles. The highest BCUT2D eigenvalue weighted by Crippen LogP contribution is 2.24. The van der Waals surface area contributed by atoms with Gasteiger partial charge in [-0.1, -0.05) is 29.3 Å². The fourth-order valence-corrected chi connectivity index (χ4v) is 3.05. The number of hydrogen-bond donors (Lipinski definition) is 3. The summed E-state index contributed by atoms with van der Waals surface area (Å²) in [5.74, 6) is -0.656. The van der Waals surface area contributed by atoms with E-state index in [9.17, 15) is 9.59 Å². The molecular formula is C18H20Cl2N3O2+. The minimum absolute atomic E-state index is 0.0113. The molecule has 2 aromatic carbocycles. The number of halogens is 2. The maximum Gasteiger partial charge on any atom is 0.282 e. The van der Waals surface area contributed by atoms with Gasteiger partial charge in [-0.05, 0) is 50.2 Å². The summed E-state index contributed by atoms with van der Waals surface area (Å²) in [5.41, 5.74) is 7.10. The molecule has 0 spiro atoms. The summed E-state index contributed by atoms with van der Waals surface area (Å²) in [7, 11) is 0. The van der Waals surface area contributed by atoms with Gasteiger partial charge >= 0.3 is 0 Å². The van der Waals surface area contributed by atoms with Crippen molar-refractivity contribution in [2.45, 2.75) is 25.9 Å². The summed E-state index contributed by atoms with van der Waals surface area (Å²) in [6.07, 6.45) is 0. The van der Waals surface area contributed by atoms with Crippen LogP contribution in [0.5, 0.6) is 0 Å². The van der Waals surface area contributed by atoms with E-state index in [4.69, 9.17) is 28.9 Å². The van der Waals surface area contributed by atoms with Crippen molar-refractivity contribution in [2.75, 3.05) is 5.32 Å².